The van der Waals surface area contributed by atoms with E-state index < -0.39 is 0 Å². The summed E-state index contributed by atoms with van der Waals surface area (Å²) in [6, 6.07) is 6.04. The van der Waals surface area contributed by atoms with Gasteiger partial charge < -0.3 is 0 Å². The van der Waals surface area contributed by atoms with Crippen molar-refractivity contribution >= 4 is 0 Å². The first-order valence-corrected chi connectivity index (χ1v) is 6.14. The minimum atomic E-state index is 0.0400. The van der Waals surface area contributed by atoms with Crippen LogP contribution in [0, 0.1) is 22.7 Å². The topological polar surface area (TPSA) is 12.9 Å². The highest BCUT2D eigenvalue weighted by Crippen LogP contribution is 2.33. The quantitative estimate of drug-likeness (QED) is 0.656. The standard InChI is InChI=1S/C16H23N/c1-15(2,3)11-10-13(16(4,5)6)14-9-7-8-12-17-14/h7-9,12-13H,1-6H3/t13-/m0/s1. The molecule has 0 saturated heterocycles. The van der Waals surface area contributed by atoms with Crippen LogP contribution >= 0.6 is 0 Å². The number of aromatic nitrogens is 1. The lowest BCUT2D eigenvalue weighted by molar-refractivity contribution is 0.369. The van der Waals surface area contributed by atoms with Crippen molar-refractivity contribution in [2.24, 2.45) is 10.8 Å². The van der Waals surface area contributed by atoms with Crippen molar-refractivity contribution in [2.45, 2.75) is 47.5 Å². The summed E-state index contributed by atoms with van der Waals surface area (Å²) in [5, 5.41) is 0. The van der Waals surface area contributed by atoms with Crippen molar-refractivity contribution in [2.75, 3.05) is 0 Å². The van der Waals surface area contributed by atoms with Crippen LogP contribution < -0.4 is 0 Å². The van der Waals surface area contributed by atoms with Gasteiger partial charge in [-0.2, -0.15) is 0 Å². The van der Waals surface area contributed by atoms with Crippen LogP contribution in [0.2, 0.25) is 0 Å². The van der Waals surface area contributed by atoms with E-state index in [0.29, 0.717) is 0 Å². The van der Waals surface area contributed by atoms with Crippen LogP contribution in [-0.4, -0.2) is 4.98 Å². The molecule has 1 aromatic rings. The molecule has 0 aromatic carbocycles. The fourth-order valence-electron chi connectivity index (χ4n) is 1.57. The Kier molecular flexibility index (Phi) is 3.98. The number of rotatable bonds is 1. The Balaban J connectivity index is 3.10. The van der Waals surface area contributed by atoms with Crippen molar-refractivity contribution in [3.63, 3.8) is 0 Å². The van der Waals surface area contributed by atoms with Crippen LogP contribution in [0.15, 0.2) is 24.4 Å². The minimum absolute atomic E-state index is 0.0400. The zero-order chi connectivity index (χ0) is 13.1. The molecule has 0 fully saturated rings. The van der Waals surface area contributed by atoms with Gasteiger partial charge in [-0.15, -0.1) is 0 Å². The van der Waals surface area contributed by atoms with Gasteiger partial charge in [0, 0.05) is 11.6 Å². The van der Waals surface area contributed by atoms with Crippen molar-refractivity contribution < 1.29 is 0 Å². The molecule has 1 nitrogen and oxygen atoms in total. The highest BCUT2D eigenvalue weighted by atomic mass is 14.7. The number of nitrogens with zero attached hydrogens (tertiary/aromatic N) is 1. The van der Waals surface area contributed by atoms with Crippen LogP contribution in [-0.2, 0) is 0 Å². The van der Waals surface area contributed by atoms with Gasteiger partial charge in [0.2, 0.25) is 0 Å². The summed E-state index contributed by atoms with van der Waals surface area (Å²) >= 11 is 0. The Morgan fingerprint density at radius 2 is 1.71 bits per heavy atom. The van der Waals surface area contributed by atoms with Gasteiger partial charge in [-0.05, 0) is 38.3 Å². The summed E-state index contributed by atoms with van der Waals surface area (Å²) < 4.78 is 0. The van der Waals surface area contributed by atoms with E-state index in [4.69, 9.17) is 0 Å². The molecule has 17 heavy (non-hydrogen) atoms. The zero-order valence-electron chi connectivity index (χ0n) is 11.8. The predicted molar refractivity (Wildman–Crippen MR) is 73.7 cm³/mol. The van der Waals surface area contributed by atoms with Gasteiger partial charge in [0.25, 0.3) is 0 Å². The molecule has 92 valence electrons. The third kappa shape index (κ3) is 4.61. The van der Waals surface area contributed by atoms with Crippen molar-refractivity contribution in [3.05, 3.63) is 30.1 Å². The highest BCUT2D eigenvalue weighted by molar-refractivity contribution is 5.26. The normalized spacial score (nSPS) is 13.8. The first kappa shape index (κ1) is 13.8. The van der Waals surface area contributed by atoms with E-state index in [0.717, 1.165) is 5.69 Å². The van der Waals surface area contributed by atoms with E-state index >= 15 is 0 Å². The van der Waals surface area contributed by atoms with E-state index in [9.17, 15) is 0 Å². The van der Waals surface area contributed by atoms with E-state index in [1.54, 1.807) is 0 Å². The number of hydrogen-bond acceptors (Lipinski definition) is 1. The maximum atomic E-state index is 4.44. The molecule has 0 N–H and O–H groups in total. The lowest BCUT2D eigenvalue weighted by atomic mass is 9.78. The van der Waals surface area contributed by atoms with E-state index in [1.807, 2.05) is 18.3 Å². The van der Waals surface area contributed by atoms with Crippen LogP contribution in [0.3, 0.4) is 0 Å². The van der Waals surface area contributed by atoms with Crippen molar-refractivity contribution in [1.82, 2.24) is 4.98 Å². The van der Waals surface area contributed by atoms with E-state index in [-0.39, 0.29) is 16.7 Å². The average molecular weight is 229 g/mol. The van der Waals surface area contributed by atoms with E-state index in [2.05, 4.69) is 64.4 Å². The third-order valence-corrected chi connectivity index (χ3v) is 2.44. The molecule has 0 aliphatic heterocycles. The Labute approximate surface area is 106 Å². The van der Waals surface area contributed by atoms with Crippen molar-refractivity contribution in [1.29, 1.82) is 0 Å². The second-order valence-electron chi connectivity index (χ2n) is 6.57. The monoisotopic (exact) mass is 229 g/mol. The second kappa shape index (κ2) is 4.92. The molecule has 0 unspecified atom stereocenters. The molecule has 1 aromatic heterocycles. The smallest absolute Gasteiger partial charge is 0.0673 e. The lowest BCUT2D eigenvalue weighted by Gasteiger charge is -2.26. The predicted octanol–water partition coefficient (Wildman–Crippen LogP) is 4.26. The summed E-state index contributed by atoms with van der Waals surface area (Å²) in [6.45, 7) is 13.0. The fourth-order valence-corrected chi connectivity index (χ4v) is 1.57. The molecule has 1 rings (SSSR count). The molecule has 1 atom stereocenters. The summed E-state index contributed by atoms with van der Waals surface area (Å²) in [5.41, 5.74) is 1.21. The van der Waals surface area contributed by atoms with Crippen LogP contribution in [0.25, 0.3) is 0 Å². The van der Waals surface area contributed by atoms with Crippen molar-refractivity contribution in [3.8, 4) is 11.8 Å². The highest BCUT2D eigenvalue weighted by Gasteiger charge is 2.25. The molecule has 0 radical (unpaired) electrons. The van der Waals surface area contributed by atoms with Gasteiger partial charge in [-0.1, -0.05) is 38.7 Å². The zero-order valence-corrected chi connectivity index (χ0v) is 11.8. The molecule has 0 saturated carbocycles. The minimum Gasteiger partial charge on any atom is -0.260 e. The molecule has 0 aliphatic rings. The Hall–Kier alpha value is -1.29. The lowest BCUT2D eigenvalue weighted by Crippen LogP contribution is -2.18. The summed E-state index contributed by atoms with van der Waals surface area (Å²) in [4.78, 5) is 4.44. The molecular weight excluding hydrogens is 206 g/mol. The fraction of sp³-hybridized carbons (Fsp3) is 0.562. The molecule has 0 aliphatic carbocycles. The second-order valence-corrected chi connectivity index (χ2v) is 6.57. The molecular formula is C16H23N. The molecule has 0 spiro atoms. The third-order valence-electron chi connectivity index (χ3n) is 2.44. The van der Waals surface area contributed by atoms with Gasteiger partial charge >= 0.3 is 0 Å². The van der Waals surface area contributed by atoms with Crippen LogP contribution in [0.1, 0.15) is 53.2 Å². The molecule has 1 heteroatoms. The first-order valence-electron chi connectivity index (χ1n) is 6.14. The summed E-state index contributed by atoms with van der Waals surface area (Å²) in [5.74, 6) is 6.92. The van der Waals surface area contributed by atoms with Gasteiger partial charge in [-0.25, -0.2) is 0 Å². The number of hydrogen-bond donors (Lipinski definition) is 0. The molecule has 1 heterocycles. The summed E-state index contributed by atoms with van der Waals surface area (Å²) in [6.07, 6.45) is 1.84. The van der Waals surface area contributed by atoms with Crippen LogP contribution in [0.5, 0.6) is 0 Å². The maximum Gasteiger partial charge on any atom is 0.0673 e. The molecule has 0 bridgehead atoms. The van der Waals surface area contributed by atoms with Gasteiger partial charge in [-0.3, -0.25) is 4.98 Å². The van der Waals surface area contributed by atoms with Gasteiger partial charge in [0.05, 0.1) is 11.6 Å². The SMILES string of the molecule is CC(C)(C)C#C[C@@H](c1ccccn1)C(C)(C)C. The maximum absolute atomic E-state index is 4.44. The Bertz CT molecular complexity index is 407. The average Bonchev–Trinajstić information content (AvgIpc) is 2.15. The largest absolute Gasteiger partial charge is 0.260 e. The number of pyridine rings is 1. The Morgan fingerprint density at radius 1 is 1.06 bits per heavy atom. The Morgan fingerprint density at radius 3 is 2.12 bits per heavy atom. The molecule has 0 amide bonds. The summed E-state index contributed by atoms with van der Waals surface area (Å²) in [7, 11) is 0. The van der Waals surface area contributed by atoms with Gasteiger partial charge in [0.1, 0.15) is 0 Å². The van der Waals surface area contributed by atoms with Gasteiger partial charge in [0.15, 0.2) is 0 Å². The van der Waals surface area contributed by atoms with Crippen LogP contribution in [0.4, 0.5) is 0 Å². The first-order chi connectivity index (χ1) is 7.70. The van der Waals surface area contributed by atoms with E-state index in [1.165, 1.54) is 0 Å².